The van der Waals surface area contributed by atoms with Crippen LogP contribution in [0.1, 0.15) is 18.9 Å². The van der Waals surface area contributed by atoms with Crippen molar-refractivity contribution < 1.29 is 24.2 Å². The molecule has 0 radical (unpaired) electrons. The lowest BCUT2D eigenvalue weighted by molar-refractivity contribution is -0.142. The Morgan fingerprint density at radius 1 is 1.31 bits per heavy atom. The van der Waals surface area contributed by atoms with Gasteiger partial charge in [-0.1, -0.05) is 6.07 Å². The van der Waals surface area contributed by atoms with Gasteiger partial charge in [0.15, 0.2) is 11.5 Å². The lowest BCUT2D eigenvalue weighted by Gasteiger charge is -2.28. The van der Waals surface area contributed by atoms with E-state index < -0.39 is 5.97 Å². The molecule has 0 aromatic heterocycles. The number of rotatable bonds is 7. The Bertz CT molecular complexity index is 640. The average Bonchev–Trinajstić information content (AvgIpc) is 3.10. The van der Waals surface area contributed by atoms with Crippen molar-refractivity contribution >= 4 is 24.3 Å². The van der Waals surface area contributed by atoms with Crippen LogP contribution in [0.15, 0.2) is 18.2 Å². The SMILES string of the molecule is COc1ccc(CN(C)C(=O)C(C)N2CCC(C(=O)O)C2)cc1OC.Cl. The summed E-state index contributed by atoms with van der Waals surface area (Å²) in [5.74, 6) is 0.0659. The number of carboxylic acid groups (broad SMARTS) is 1. The van der Waals surface area contributed by atoms with E-state index in [0.717, 1.165) is 5.56 Å². The molecule has 146 valence electrons. The van der Waals surface area contributed by atoms with Crippen molar-refractivity contribution in [3.05, 3.63) is 23.8 Å². The molecule has 0 spiro atoms. The van der Waals surface area contributed by atoms with Crippen molar-refractivity contribution in [1.82, 2.24) is 9.80 Å². The molecule has 0 aliphatic carbocycles. The van der Waals surface area contributed by atoms with Gasteiger partial charge in [0.2, 0.25) is 5.91 Å². The van der Waals surface area contributed by atoms with E-state index in [1.54, 1.807) is 26.2 Å². The number of carbonyl (C=O) groups is 2. The van der Waals surface area contributed by atoms with Crippen molar-refractivity contribution in [2.24, 2.45) is 5.92 Å². The molecular formula is C18H27ClN2O5. The predicted octanol–water partition coefficient (Wildman–Crippen LogP) is 1.88. The predicted molar refractivity (Wildman–Crippen MR) is 100 cm³/mol. The largest absolute Gasteiger partial charge is 0.493 e. The highest BCUT2D eigenvalue weighted by molar-refractivity contribution is 5.85. The van der Waals surface area contributed by atoms with Crippen LogP contribution in [0.25, 0.3) is 0 Å². The number of halogens is 1. The number of likely N-dealkylation sites (N-methyl/N-ethyl adjacent to an activating group) is 1. The van der Waals surface area contributed by atoms with E-state index in [2.05, 4.69) is 0 Å². The van der Waals surface area contributed by atoms with Crippen LogP contribution >= 0.6 is 12.4 Å². The maximum atomic E-state index is 12.7. The summed E-state index contributed by atoms with van der Waals surface area (Å²) in [5, 5.41) is 9.10. The second-order valence-electron chi connectivity index (χ2n) is 6.38. The summed E-state index contributed by atoms with van der Waals surface area (Å²) < 4.78 is 10.5. The van der Waals surface area contributed by atoms with E-state index >= 15 is 0 Å². The Kier molecular flexibility index (Phi) is 8.17. The third-order valence-corrected chi connectivity index (χ3v) is 4.72. The number of carboxylic acids is 1. The van der Waals surface area contributed by atoms with Gasteiger partial charge in [-0.15, -0.1) is 12.4 Å². The first-order valence-corrected chi connectivity index (χ1v) is 8.30. The van der Waals surface area contributed by atoms with Crippen molar-refractivity contribution in [1.29, 1.82) is 0 Å². The van der Waals surface area contributed by atoms with E-state index in [1.165, 1.54) is 0 Å². The zero-order valence-electron chi connectivity index (χ0n) is 15.6. The van der Waals surface area contributed by atoms with E-state index in [4.69, 9.17) is 14.6 Å². The van der Waals surface area contributed by atoms with Gasteiger partial charge in [-0.05, 0) is 37.6 Å². The number of aliphatic carboxylic acids is 1. The number of ether oxygens (including phenoxy) is 2. The number of hydrogen-bond acceptors (Lipinski definition) is 5. The summed E-state index contributed by atoms with van der Waals surface area (Å²) in [6.07, 6.45) is 0.590. The Morgan fingerprint density at radius 2 is 1.96 bits per heavy atom. The van der Waals surface area contributed by atoms with Crippen LogP contribution < -0.4 is 9.47 Å². The van der Waals surface area contributed by atoms with Crippen molar-refractivity contribution in [2.45, 2.75) is 25.9 Å². The van der Waals surface area contributed by atoms with Gasteiger partial charge < -0.3 is 19.5 Å². The molecule has 1 aliphatic rings. The van der Waals surface area contributed by atoms with E-state index in [1.807, 2.05) is 30.0 Å². The second-order valence-corrected chi connectivity index (χ2v) is 6.38. The summed E-state index contributed by atoms with van der Waals surface area (Å²) in [4.78, 5) is 27.3. The smallest absolute Gasteiger partial charge is 0.307 e. The molecule has 2 unspecified atom stereocenters. The van der Waals surface area contributed by atoms with Crippen LogP contribution in [0.5, 0.6) is 11.5 Å². The van der Waals surface area contributed by atoms with Gasteiger partial charge in [0.05, 0.1) is 26.2 Å². The average molecular weight is 387 g/mol. The summed E-state index contributed by atoms with van der Waals surface area (Å²) in [6.45, 7) is 3.33. The molecule has 1 N–H and O–H groups in total. The maximum absolute atomic E-state index is 12.7. The van der Waals surface area contributed by atoms with E-state index in [0.29, 0.717) is 37.6 Å². The van der Waals surface area contributed by atoms with Gasteiger partial charge in [-0.3, -0.25) is 14.5 Å². The maximum Gasteiger partial charge on any atom is 0.307 e. The molecular weight excluding hydrogens is 360 g/mol. The quantitative estimate of drug-likeness (QED) is 0.770. The first-order chi connectivity index (χ1) is 11.9. The standard InChI is InChI=1S/C18H26N2O5.ClH/c1-12(20-8-7-14(11-20)18(22)23)17(21)19(2)10-13-5-6-15(24-3)16(9-13)25-4;/h5-6,9,12,14H,7-8,10-11H2,1-4H3,(H,22,23);1H. The summed E-state index contributed by atoms with van der Waals surface area (Å²) in [6, 6.07) is 5.22. The van der Waals surface area contributed by atoms with Crippen molar-refractivity contribution in [3.63, 3.8) is 0 Å². The normalized spacial score (nSPS) is 17.9. The first kappa shape index (κ1) is 22.1. The third-order valence-electron chi connectivity index (χ3n) is 4.72. The van der Waals surface area contributed by atoms with Gasteiger partial charge in [-0.25, -0.2) is 0 Å². The lowest BCUT2D eigenvalue weighted by Crippen LogP contribution is -2.44. The van der Waals surface area contributed by atoms with Crippen LogP contribution in [-0.2, 0) is 16.1 Å². The molecule has 1 aromatic rings. The van der Waals surface area contributed by atoms with E-state index in [-0.39, 0.29) is 30.3 Å². The van der Waals surface area contributed by atoms with Crippen LogP contribution in [0.4, 0.5) is 0 Å². The van der Waals surface area contributed by atoms with Crippen molar-refractivity contribution in [2.75, 3.05) is 34.4 Å². The van der Waals surface area contributed by atoms with Crippen LogP contribution in [0, 0.1) is 5.92 Å². The minimum atomic E-state index is -0.791. The lowest BCUT2D eigenvalue weighted by atomic mass is 10.1. The number of hydrogen-bond donors (Lipinski definition) is 1. The number of likely N-dealkylation sites (tertiary alicyclic amines) is 1. The molecule has 1 saturated heterocycles. The topological polar surface area (TPSA) is 79.3 Å². The molecule has 1 heterocycles. The van der Waals surface area contributed by atoms with E-state index in [9.17, 15) is 9.59 Å². The Hall–Kier alpha value is -1.99. The first-order valence-electron chi connectivity index (χ1n) is 8.30. The fourth-order valence-corrected chi connectivity index (χ4v) is 3.15. The minimum Gasteiger partial charge on any atom is -0.493 e. The highest BCUT2D eigenvalue weighted by atomic mass is 35.5. The number of benzene rings is 1. The second kappa shape index (κ2) is 9.64. The molecule has 1 aromatic carbocycles. The van der Waals surface area contributed by atoms with Crippen LogP contribution in [0.3, 0.4) is 0 Å². The zero-order chi connectivity index (χ0) is 18.6. The van der Waals surface area contributed by atoms with Gasteiger partial charge in [0, 0.05) is 20.1 Å². The van der Waals surface area contributed by atoms with Crippen LogP contribution in [0.2, 0.25) is 0 Å². The summed E-state index contributed by atoms with van der Waals surface area (Å²) >= 11 is 0. The number of amides is 1. The molecule has 0 bridgehead atoms. The third kappa shape index (κ3) is 5.02. The van der Waals surface area contributed by atoms with Gasteiger partial charge in [0.1, 0.15) is 0 Å². The molecule has 8 heteroatoms. The minimum absolute atomic E-state index is 0. The molecule has 1 aliphatic heterocycles. The highest BCUT2D eigenvalue weighted by Crippen LogP contribution is 2.28. The molecule has 26 heavy (non-hydrogen) atoms. The Balaban J connectivity index is 0.00000338. The Morgan fingerprint density at radius 3 is 2.50 bits per heavy atom. The number of carbonyl (C=O) groups excluding carboxylic acids is 1. The molecule has 7 nitrogen and oxygen atoms in total. The Labute approximate surface area is 160 Å². The molecule has 2 rings (SSSR count). The summed E-state index contributed by atoms with van der Waals surface area (Å²) in [7, 11) is 4.90. The van der Waals surface area contributed by atoms with Crippen LogP contribution in [-0.4, -0.2) is 67.2 Å². The summed E-state index contributed by atoms with van der Waals surface area (Å²) in [5.41, 5.74) is 0.936. The molecule has 2 atom stereocenters. The monoisotopic (exact) mass is 386 g/mol. The van der Waals surface area contributed by atoms with Gasteiger partial charge in [-0.2, -0.15) is 0 Å². The fraction of sp³-hybridized carbons (Fsp3) is 0.556. The van der Waals surface area contributed by atoms with Gasteiger partial charge in [0.25, 0.3) is 0 Å². The highest BCUT2D eigenvalue weighted by Gasteiger charge is 2.34. The number of methoxy groups -OCH3 is 2. The fourth-order valence-electron chi connectivity index (χ4n) is 3.15. The van der Waals surface area contributed by atoms with Crippen molar-refractivity contribution in [3.8, 4) is 11.5 Å². The molecule has 0 saturated carbocycles. The number of nitrogens with zero attached hydrogens (tertiary/aromatic N) is 2. The van der Waals surface area contributed by atoms with Gasteiger partial charge >= 0.3 is 5.97 Å². The molecule has 1 fully saturated rings. The molecule has 1 amide bonds. The zero-order valence-corrected chi connectivity index (χ0v) is 16.4.